The molecule has 1 aliphatic heterocycles. The first-order valence-corrected chi connectivity index (χ1v) is 9.03. The van der Waals surface area contributed by atoms with Gasteiger partial charge in [-0.15, -0.1) is 10.2 Å². The van der Waals surface area contributed by atoms with Crippen LogP contribution in [0, 0.1) is 5.82 Å². The van der Waals surface area contributed by atoms with Gasteiger partial charge in [-0.05, 0) is 31.5 Å². The second-order valence-electron chi connectivity index (χ2n) is 5.92. The fraction of sp³-hybridized carbons (Fsp3) is 0.471. The molecule has 7 heteroatoms. The summed E-state index contributed by atoms with van der Waals surface area (Å²) in [6.07, 6.45) is 2.03. The molecule has 0 radical (unpaired) electrons. The zero-order chi connectivity index (χ0) is 17.1. The van der Waals surface area contributed by atoms with Gasteiger partial charge in [-0.25, -0.2) is 4.39 Å². The summed E-state index contributed by atoms with van der Waals surface area (Å²) in [7, 11) is 0. The molecule has 0 aliphatic carbocycles. The van der Waals surface area contributed by atoms with Gasteiger partial charge in [0, 0.05) is 38.2 Å². The summed E-state index contributed by atoms with van der Waals surface area (Å²) in [6.45, 7) is 6.59. The number of nitrogens with zero attached hydrogens (tertiary/aromatic N) is 4. The average molecular weight is 348 g/mol. The standard InChI is InChI=1S/C17H21FN4OS/c1-3-4-16-19-20-17(24-16)22-9-7-21(8-10-22)15-6-5-13(12(2)23)11-14(15)18/h5-6,11H,3-4,7-10H2,1-2H3. The van der Waals surface area contributed by atoms with Gasteiger partial charge in [0.1, 0.15) is 10.8 Å². The molecule has 1 aromatic heterocycles. The van der Waals surface area contributed by atoms with Crippen molar-refractivity contribution in [2.45, 2.75) is 26.7 Å². The summed E-state index contributed by atoms with van der Waals surface area (Å²) in [5.74, 6) is -0.457. The minimum absolute atomic E-state index is 0.121. The summed E-state index contributed by atoms with van der Waals surface area (Å²) in [6, 6.07) is 4.72. The number of hydrogen-bond donors (Lipinski definition) is 0. The Morgan fingerprint density at radius 2 is 1.92 bits per heavy atom. The van der Waals surface area contributed by atoms with E-state index >= 15 is 0 Å². The van der Waals surface area contributed by atoms with Crippen LogP contribution in [0.25, 0.3) is 0 Å². The monoisotopic (exact) mass is 348 g/mol. The third kappa shape index (κ3) is 3.56. The van der Waals surface area contributed by atoms with Crippen LogP contribution in [0.1, 0.15) is 35.6 Å². The van der Waals surface area contributed by atoms with Crippen LogP contribution in [-0.4, -0.2) is 42.2 Å². The van der Waals surface area contributed by atoms with Crippen molar-refractivity contribution in [1.82, 2.24) is 10.2 Å². The molecule has 0 spiro atoms. The first-order valence-electron chi connectivity index (χ1n) is 8.21. The lowest BCUT2D eigenvalue weighted by Gasteiger charge is -2.35. The van der Waals surface area contributed by atoms with E-state index in [-0.39, 0.29) is 11.6 Å². The maximum Gasteiger partial charge on any atom is 0.208 e. The van der Waals surface area contributed by atoms with Crippen LogP contribution < -0.4 is 9.80 Å². The zero-order valence-electron chi connectivity index (χ0n) is 14.0. The fourth-order valence-electron chi connectivity index (χ4n) is 2.81. The van der Waals surface area contributed by atoms with Crippen molar-refractivity contribution in [3.8, 4) is 0 Å². The van der Waals surface area contributed by atoms with Gasteiger partial charge < -0.3 is 9.80 Å². The van der Waals surface area contributed by atoms with Crippen LogP contribution >= 0.6 is 11.3 Å². The Bertz CT molecular complexity index is 725. The van der Waals surface area contributed by atoms with E-state index in [9.17, 15) is 9.18 Å². The highest BCUT2D eigenvalue weighted by atomic mass is 32.1. The molecule has 2 heterocycles. The highest BCUT2D eigenvalue weighted by Crippen LogP contribution is 2.26. The van der Waals surface area contributed by atoms with E-state index in [4.69, 9.17) is 0 Å². The van der Waals surface area contributed by atoms with Crippen molar-refractivity contribution in [3.63, 3.8) is 0 Å². The molecule has 1 aliphatic rings. The van der Waals surface area contributed by atoms with Gasteiger partial charge in [-0.1, -0.05) is 18.3 Å². The normalized spacial score (nSPS) is 15.0. The maximum absolute atomic E-state index is 14.3. The van der Waals surface area contributed by atoms with Crippen molar-refractivity contribution in [2.75, 3.05) is 36.0 Å². The smallest absolute Gasteiger partial charge is 0.208 e. The van der Waals surface area contributed by atoms with E-state index in [1.165, 1.54) is 13.0 Å². The molecule has 0 saturated carbocycles. The number of aryl methyl sites for hydroxylation is 1. The number of Topliss-reactive ketones (excluding diaryl/α,β-unsaturated/α-hetero) is 1. The highest BCUT2D eigenvalue weighted by molar-refractivity contribution is 7.15. The number of benzene rings is 1. The van der Waals surface area contributed by atoms with Crippen LogP contribution in [-0.2, 0) is 6.42 Å². The highest BCUT2D eigenvalue weighted by Gasteiger charge is 2.22. The number of rotatable bonds is 5. The number of hydrogen-bond acceptors (Lipinski definition) is 6. The molecule has 3 rings (SSSR count). The third-order valence-electron chi connectivity index (χ3n) is 4.17. The molecule has 1 saturated heterocycles. The van der Waals surface area contributed by atoms with Crippen LogP contribution in [0.15, 0.2) is 18.2 Å². The van der Waals surface area contributed by atoms with Gasteiger partial charge in [-0.3, -0.25) is 4.79 Å². The summed E-state index contributed by atoms with van der Waals surface area (Å²) >= 11 is 1.64. The first kappa shape index (κ1) is 16.8. The molecule has 0 unspecified atom stereocenters. The summed E-state index contributed by atoms with van der Waals surface area (Å²) in [5, 5.41) is 10.5. The Kier molecular flexibility index (Phi) is 5.08. The van der Waals surface area contributed by atoms with E-state index in [0.717, 1.165) is 49.2 Å². The lowest BCUT2D eigenvalue weighted by atomic mass is 10.1. The fourth-order valence-corrected chi connectivity index (χ4v) is 3.80. The predicted molar refractivity (Wildman–Crippen MR) is 94.7 cm³/mol. The largest absolute Gasteiger partial charge is 0.366 e. The number of halogens is 1. The number of aromatic nitrogens is 2. The Morgan fingerprint density at radius 3 is 2.54 bits per heavy atom. The predicted octanol–water partition coefficient (Wildman–Crippen LogP) is 3.16. The van der Waals surface area contributed by atoms with Crippen LogP contribution in [0.4, 0.5) is 15.2 Å². The van der Waals surface area contributed by atoms with Crippen molar-refractivity contribution in [3.05, 3.63) is 34.6 Å². The summed E-state index contributed by atoms with van der Waals surface area (Å²) in [4.78, 5) is 15.6. The summed E-state index contributed by atoms with van der Waals surface area (Å²) in [5.41, 5.74) is 0.968. The van der Waals surface area contributed by atoms with Crippen molar-refractivity contribution in [2.24, 2.45) is 0 Å². The van der Waals surface area contributed by atoms with E-state index in [0.29, 0.717) is 11.3 Å². The van der Waals surface area contributed by atoms with Crippen LogP contribution in [0.3, 0.4) is 0 Å². The molecule has 1 aromatic carbocycles. The number of ketones is 1. The third-order valence-corrected chi connectivity index (χ3v) is 5.21. The molecule has 1 fully saturated rings. The molecule has 0 atom stereocenters. The molecular weight excluding hydrogens is 327 g/mol. The molecule has 0 amide bonds. The van der Waals surface area contributed by atoms with Gasteiger partial charge in [0.25, 0.3) is 0 Å². The van der Waals surface area contributed by atoms with Gasteiger partial charge >= 0.3 is 0 Å². The second kappa shape index (κ2) is 7.25. The quantitative estimate of drug-likeness (QED) is 0.777. The zero-order valence-corrected chi connectivity index (χ0v) is 14.8. The molecule has 128 valence electrons. The Balaban J connectivity index is 1.65. The second-order valence-corrected chi connectivity index (χ2v) is 6.97. The summed E-state index contributed by atoms with van der Waals surface area (Å²) < 4.78 is 14.3. The molecular formula is C17H21FN4OS. The van der Waals surface area contributed by atoms with Crippen molar-refractivity contribution in [1.29, 1.82) is 0 Å². The molecule has 24 heavy (non-hydrogen) atoms. The SMILES string of the molecule is CCCc1nnc(N2CCN(c3ccc(C(C)=O)cc3F)CC2)s1. The van der Waals surface area contributed by atoms with Crippen LogP contribution in [0.2, 0.25) is 0 Å². The Labute approximate surface area is 145 Å². The van der Waals surface area contributed by atoms with E-state index < -0.39 is 0 Å². The van der Waals surface area contributed by atoms with E-state index in [1.807, 2.05) is 4.90 Å². The maximum atomic E-state index is 14.3. The number of piperazine rings is 1. The average Bonchev–Trinajstić information content (AvgIpc) is 3.04. The van der Waals surface area contributed by atoms with Gasteiger partial charge in [0.15, 0.2) is 5.78 Å². The number of anilines is 2. The molecule has 2 aromatic rings. The molecule has 0 N–H and O–H groups in total. The minimum Gasteiger partial charge on any atom is -0.366 e. The van der Waals surface area contributed by atoms with Crippen LogP contribution in [0.5, 0.6) is 0 Å². The number of carbonyl (C=O) groups excluding carboxylic acids is 1. The van der Waals surface area contributed by atoms with Gasteiger partial charge in [0.05, 0.1) is 5.69 Å². The first-order chi connectivity index (χ1) is 11.6. The van der Waals surface area contributed by atoms with Crippen molar-refractivity contribution >= 4 is 27.9 Å². The lowest BCUT2D eigenvalue weighted by Crippen LogP contribution is -2.46. The topological polar surface area (TPSA) is 49.3 Å². The minimum atomic E-state index is -0.336. The lowest BCUT2D eigenvalue weighted by molar-refractivity contribution is 0.101. The molecule has 5 nitrogen and oxygen atoms in total. The van der Waals surface area contributed by atoms with Gasteiger partial charge in [0.2, 0.25) is 5.13 Å². The number of carbonyl (C=O) groups is 1. The Hall–Kier alpha value is -2.02. The Morgan fingerprint density at radius 1 is 1.21 bits per heavy atom. The van der Waals surface area contributed by atoms with Crippen molar-refractivity contribution < 1.29 is 9.18 Å². The van der Waals surface area contributed by atoms with Gasteiger partial charge in [-0.2, -0.15) is 0 Å². The van der Waals surface area contributed by atoms with E-state index in [1.54, 1.807) is 23.5 Å². The molecule has 0 bridgehead atoms. The van der Waals surface area contributed by atoms with E-state index in [2.05, 4.69) is 22.0 Å².